The Kier molecular flexibility index (Phi) is 10.2. The summed E-state index contributed by atoms with van der Waals surface area (Å²) in [7, 11) is 0. The molecule has 4 nitrogen and oxygen atoms in total. The predicted octanol–water partition coefficient (Wildman–Crippen LogP) is 9.89. The first-order valence-corrected chi connectivity index (χ1v) is 12.9. The summed E-state index contributed by atoms with van der Waals surface area (Å²) in [5.74, 6) is 2.77. The van der Waals surface area contributed by atoms with E-state index in [4.69, 9.17) is 43.2 Å². The van der Waals surface area contributed by atoms with Gasteiger partial charge in [0.15, 0.2) is 0 Å². The summed E-state index contributed by atoms with van der Waals surface area (Å²) < 4.78 is 11.7. The van der Waals surface area contributed by atoms with E-state index in [9.17, 15) is 0 Å². The molecule has 0 spiro atoms. The molecule has 0 heterocycles. The van der Waals surface area contributed by atoms with Gasteiger partial charge in [-0.3, -0.25) is 0 Å². The Labute approximate surface area is 234 Å². The predicted molar refractivity (Wildman–Crippen MR) is 154 cm³/mol. The fourth-order valence-corrected chi connectivity index (χ4v) is 4.38. The molecule has 0 fully saturated rings. The van der Waals surface area contributed by atoms with E-state index < -0.39 is 0 Å². The third kappa shape index (κ3) is 7.53. The second-order valence-electron chi connectivity index (χ2n) is 8.80. The Morgan fingerprint density at radius 3 is 1.71 bits per heavy atom. The molecule has 0 saturated heterocycles. The van der Waals surface area contributed by atoms with Crippen molar-refractivity contribution in [3.63, 3.8) is 0 Å². The van der Waals surface area contributed by atoms with Crippen molar-refractivity contribution in [2.24, 2.45) is 0 Å². The number of rotatable bonds is 6. The number of hydrogen-bond acceptors (Lipinski definition) is 4. The smallest absolute Gasteiger partial charge is 0.146 e. The minimum atomic E-state index is 0.443. The van der Waals surface area contributed by atoms with Gasteiger partial charge in [0, 0.05) is 0 Å². The summed E-state index contributed by atoms with van der Waals surface area (Å²) >= 11 is 12.2. The Balaban J connectivity index is 0.000000211. The average molecular weight is 543 g/mol. The first-order valence-electron chi connectivity index (χ1n) is 12.2. The fraction of sp³-hybridized carbons (Fsp3) is 0.188. The standard InChI is InChI=1S/2C16H14ClNO/c1-10-6-11(2)16(12(3)7-10)19-15-5-4-13(9-18)8-14(15)17;1-2-5-13-6-3-4-7-15(13)19-16-9-8-12(11-18)10-14(16)17/h4-8H,1-3H3;3-4,6-10H,2,5H2,1H3. The highest BCUT2D eigenvalue weighted by Gasteiger charge is 2.10. The van der Waals surface area contributed by atoms with Crippen LogP contribution in [0.1, 0.15) is 46.7 Å². The lowest BCUT2D eigenvalue weighted by molar-refractivity contribution is 0.475. The zero-order valence-electron chi connectivity index (χ0n) is 21.8. The summed E-state index contributed by atoms with van der Waals surface area (Å²) in [5.41, 5.74) is 5.54. The van der Waals surface area contributed by atoms with E-state index >= 15 is 0 Å². The average Bonchev–Trinajstić information content (AvgIpc) is 2.89. The first kappa shape index (κ1) is 28.6. The number of ether oxygens (including phenoxy) is 2. The number of para-hydroxylation sites is 1. The molecular weight excluding hydrogens is 515 g/mol. The van der Waals surface area contributed by atoms with Crippen molar-refractivity contribution in [2.45, 2.75) is 40.5 Å². The summed E-state index contributed by atoms with van der Waals surface area (Å²) in [5, 5.41) is 18.5. The molecule has 4 aromatic carbocycles. The molecule has 0 unspecified atom stereocenters. The molecule has 192 valence electrons. The Bertz CT molecular complexity index is 1490. The van der Waals surface area contributed by atoms with Crippen LogP contribution < -0.4 is 9.47 Å². The van der Waals surface area contributed by atoms with Gasteiger partial charge in [-0.25, -0.2) is 0 Å². The van der Waals surface area contributed by atoms with Crippen molar-refractivity contribution in [1.29, 1.82) is 10.5 Å². The molecular formula is C32H28Cl2N2O2. The molecule has 4 rings (SSSR count). The number of nitrogens with zero attached hydrogens (tertiary/aromatic N) is 2. The van der Waals surface area contributed by atoms with Crippen LogP contribution in [-0.2, 0) is 6.42 Å². The quantitative estimate of drug-likeness (QED) is 0.243. The topological polar surface area (TPSA) is 66.0 Å². The SMILES string of the molecule is CCCc1ccccc1Oc1ccc(C#N)cc1Cl.Cc1cc(C)c(Oc2ccc(C#N)cc2Cl)c(C)c1. The molecule has 4 aromatic rings. The molecule has 0 aliphatic heterocycles. The Morgan fingerprint density at radius 1 is 0.684 bits per heavy atom. The van der Waals surface area contributed by atoms with E-state index in [-0.39, 0.29) is 0 Å². The van der Waals surface area contributed by atoms with Crippen LogP contribution in [0.3, 0.4) is 0 Å². The molecule has 0 saturated carbocycles. The van der Waals surface area contributed by atoms with Gasteiger partial charge < -0.3 is 9.47 Å². The fourth-order valence-electron chi connectivity index (χ4n) is 3.94. The first-order chi connectivity index (χ1) is 18.2. The van der Waals surface area contributed by atoms with Gasteiger partial charge in [0.25, 0.3) is 0 Å². The number of halogens is 2. The lowest BCUT2D eigenvalue weighted by Gasteiger charge is -2.13. The summed E-state index contributed by atoms with van der Waals surface area (Å²) in [4.78, 5) is 0. The minimum Gasteiger partial charge on any atom is -0.456 e. The van der Waals surface area contributed by atoms with Gasteiger partial charge in [0.1, 0.15) is 23.0 Å². The van der Waals surface area contributed by atoms with Crippen molar-refractivity contribution in [2.75, 3.05) is 0 Å². The second kappa shape index (κ2) is 13.5. The van der Waals surface area contributed by atoms with Crippen LogP contribution >= 0.6 is 23.2 Å². The summed E-state index contributed by atoms with van der Waals surface area (Å²) in [6.45, 7) is 8.20. The largest absolute Gasteiger partial charge is 0.456 e. The van der Waals surface area contributed by atoms with Crippen molar-refractivity contribution >= 4 is 23.2 Å². The van der Waals surface area contributed by atoms with Crippen LogP contribution in [0.4, 0.5) is 0 Å². The van der Waals surface area contributed by atoms with E-state index in [1.54, 1.807) is 36.4 Å². The van der Waals surface area contributed by atoms with E-state index in [0.29, 0.717) is 32.7 Å². The lowest BCUT2D eigenvalue weighted by atomic mass is 10.1. The van der Waals surface area contributed by atoms with Crippen LogP contribution in [0.5, 0.6) is 23.0 Å². The normalized spacial score (nSPS) is 10.0. The highest BCUT2D eigenvalue weighted by atomic mass is 35.5. The minimum absolute atomic E-state index is 0.443. The van der Waals surface area contributed by atoms with Crippen LogP contribution in [0.15, 0.2) is 72.8 Å². The maximum Gasteiger partial charge on any atom is 0.146 e. The van der Waals surface area contributed by atoms with E-state index in [1.165, 1.54) is 5.56 Å². The van der Waals surface area contributed by atoms with Gasteiger partial charge in [-0.2, -0.15) is 10.5 Å². The highest BCUT2D eigenvalue weighted by Crippen LogP contribution is 2.34. The number of aryl methyl sites for hydroxylation is 4. The lowest BCUT2D eigenvalue weighted by Crippen LogP contribution is -1.93. The third-order valence-corrected chi connectivity index (χ3v) is 6.24. The van der Waals surface area contributed by atoms with E-state index in [0.717, 1.165) is 41.0 Å². The zero-order valence-corrected chi connectivity index (χ0v) is 23.3. The maximum absolute atomic E-state index is 8.81. The van der Waals surface area contributed by atoms with Crippen LogP contribution in [0.2, 0.25) is 10.0 Å². The monoisotopic (exact) mass is 542 g/mol. The molecule has 0 atom stereocenters. The van der Waals surface area contributed by atoms with Crippen molar-refractivity contribution in [3.05, 3.63) is 116 Å². The summed E-state index contributed by atoms with van der Waals surface area (Å²) in [6, 6.07) is 26.2. The van der Waals surface area contributed by atoms with Crippen LogP contribution in [-0.4, -0.2) is 0 Å². The molecule has 6 heteroatoms. The van der Waals surface area contributed by atoms with Crippen molar-refractivity contribution in [1.82, 2.24) is 0 Å². The molecule has 0 radical (unpaired) electrons. The van der Waals surface area contributed by atoms with Crippen LogP contribution in [0, 0.1) is 43.4 Å². The van der Waals surface area contributed by atoms with Crippen LogP contribution in [0.25, 0.3) is 0 Å². The van der Waals surface area contributed by atoms with Gasteiger partial charge in [-0.05, 0) is 86.3 Å². The number of hydrogen-bond donors (Lipinski definition) is 0. The van der Waals surface area contributed by atoms with E-state index in [2.05, 4.69) is 38.1 Å². The third-order valence-electron chi connectivity index (χ3n) is 5.65. The van der Waals surface area contributed by atoms with Gasteiger partial charge in [-0.1, -0.05) is 72.4 Å². The van der Waals surface area contributed by atoms with Crippen molar-refractivity contribution < 1.29 is 9.47 Å². The Morgan fingerprint density at radius 2 is 1.21 bits per heavy atom. The molecule has 0 aromatic heterocycles. The van der Waals surface area contributed by atoms with Gasteiger partial charge >= 0.3 is 0 Å². The van der Waals surface area contributed by atoms with Gasteiger partial charge in [0.05, 0.1) is 33.3 Å². The molecule has 0 aliphatic rings. The molecule has 38 heavy (non-hydrogen) atoms. The van der Waals surface area contributed by atoms with E-state index in [1.807, 2.05) is 38.1 Å². The molecule has 0 bridgehead atoms. The molecule has 0 aliphatic carbocycles. The number of benzene rings is 4. The Hall–Kier alpha value is -3.96. The maximum atomic E-state index is 8.81. The highest BCUT2D eigenvalue weighted by molar-refractivity contribution is 6.32. The zero-order chi connectivity index (χ0) is 27.7. The molecule has 0 amide bonds. The summed E-state index contributed by atoms with van der Waals surface area (Å²) in [6.07, 6.45) is 2.02. The number of nitriles is 2. The molecule has 0 N–H and O–H groups in total. The van der Waals surface area contributed by atoms with Gasteiger partial charge in [0.2, 0.25) is 0 Å². The van der Waals surface area contributed by atoms with Crippen molar-refractivity contribution in [3.8, 4) is 35.1 Å². The van der Waals surface area contributed by atoms with Gasteiger partial charge in [-0.15, -0.1) is 0 Å². The second-order valence-corrected chi connectivity index (χ2v) is 9.62.